The minimum absolute atomic E-state index is 0.0332. The molecule has 3 rings (SSSR count). The lowest BCUT2D eigenvalue weighted by Crippen LogP contribution is -2.41. The highest BCUT2D eigenvalue weighted by Gasteiger charge is 2.21. The summed E-state index contributed by atoms with van der Waals surface area (Å²) >= 11 is 0. The van der Waals surface area contributed by atoms with Crippen LogP contribution >= 0.6 is 0 Å². The number of anilines is 1. The molecule has 29 heavy (non-hydrogen) atoms. The van der Waals surface area contributed by atoms with Crippen LogP contribution in [0, 0.1) is 17.2 Å². The molecule has 1 unspecified atom stereocenters. The van der Waals surface area contributed by atoms with Gasteiger partial charge in [-0.1, -0.05) is 44.2 Å². The molecule has 0 aromatic heterocycles. The van der Waals surface area contributed by atoms with Crippen molar-refractivity contribution in [2.45, 2.75) is 26.3 Å². The monoisotopic (exact) mass is 390 g/mol. The third-order valence-corrected chi connectivity index (χ3v) is 5.46. The van der Waals surface area contributed by atoms with Gasteiger partial charge >= 0.3 is 0 Å². The normalized spacial score (nSPS) is 16.1. The first kappa shape index (κ1) is 20.9. The molecule has 1 saturated heterocycles. The van der Waals surface area contributed by atoms with Gasteiger partial charge in [-0.3, -0.25) is 9.69 Å². The first-order valence-electron chi connectivity index (χ1n) is 10.4. The van der Waals surface area contributed by atoms with Crippen molar-refractivity contribution in [3.63, 3.8) is 0 Å². The Kier molecular flexibility index (Phi) is 7.26. The van der Waals surface area contributed by atoms with E-state index in [-0.39, 0.29) is 11.9 Å². The van der Waals surface area contributed by atoms with E-state index in [1.165, 1.54) is 0 Å². The Morgan fingerprint density at radius 1 is 1.03 bits per heavy atom. The predicted molar refractivity (Wildman–Crippen MR) is 117 cm³/mol. The van der Waals surface area contributed by atoms with Gasteiger partial charge in [0.1, 0.15) is 0 Å². The van der Waals surface area contributed by atoms with Crippen LogP contribution in [-0.4, -0.2) is 43.5 Å². The van der Waals surface area contributed by atoms with Gasteiger partial charge in [0.2, 0.25) is 5.91 Å². The summed E-state index contributed by atoms with van der Waals surface area (Å²) in [5, 5.41) is 12.2. The molecule has 0 bridgehead atoms. The molecule has 1 atom stereocenters. The molecule has 2 aromatic rings. The van der Waals surface area contributed by atoms with Gasteiger partial charge < -0.3 is 10.2 Å². The number of nitrogens with zero attached hydrogens (tertiary/aromatic N) is 3. The van der Waals surface area contributed by atoms with Crippen molar-refractivity contribution in [3.8, 4) is 6.07 Å². The van der Waals surface area contributed by atoms with E-state index in [2.05, 4.69) is 47.2 Å². The van der Waals surface area contributed by atoms with E-state index >= 15 is 0 Å². The zero-order chi connectivity index (χ0) is 20.6. The van der Waals surface area contributed by atoms with Crippen molar-refractivity contribution in [2.75, 3.05) is 37.6 Å². The van der Waals surface area contributed by atoms with Gasteiger partial charge in [0.25, 0.3) is 0 Å². The number of carbonyl (C=O) groups is 1. The largest absolute Gasteiger partial charge is 0.370 e. The maximum absolute atomic E-state index is 12.7. The minimum atomic E-state index is 0.0332. The van der Waals surface area contributed by atoms with Gasteiger partial charge in [-0.25, -0.2) is 0 Å². The first-order chi connectivity index (χ1) is 14.1. The van der Waals surface area contributed by atoms with Crippen LogP contribution in [0.15, 0.2) is 54.6 Å². The second-order valence-corrected chi connectivity index (χ2v) is 7.98. The Bertz CT molecular complexity index is 826. The number of amides is 1. The highest BCUT2D eigenvalue weighted by Crippen LogP contribution is 2.21. The van der Waals surface area contributed by atoms with Crippen LogP contribution in [0.5, 0.6) is 0 Å². The molecule has 0 spiro atoms. The molecule has 5 heteroatoms. The molecule has 5 nitrogen and oxygen atoms in total. The quantitative estimate of drug-likeness (QED) is 0.819. The van der Waals surface area contributed by atoms with Crippen LogP contribution in [0.3, 0.4) is 0 Å². The molecule has 0 aliphatic carbocycles. The molecule has 1 N–H and O–H groups in total. The fourth-order valence-electron chi connectivity index (χ4n) is 3.85. The summed E-state index contributed by atoms with van der Waals surface area (Å²) in [6, 6.07) is 20.1. The standard InChI is InChI=1S/C24H30N4O/c1-19(2)24(21-7-4-3-5-8-21)26-23(29)18-27-13-6-14-28(16-15-27)22-11-9-20(17-25)10-12-22/h3-5,7-12,19,24H,6,13-16,18H2,1-2H3,(H,26,29). The van der Waals surface area contributed by atoms with Crippen molar-refractivity contribution in [1.82, 2.24) is 10.2 Å². The number of hydrogen-bond donors (Lipinski definition) is 1. The van der Waals surface area contributed by atoms with Gasteiger partial charge in [0.05, 0.1) is 24.2 Å². The number of hydrogen-bond acceptors (Lipinski definition) is 4. The SMILES string of the molecule is CC(C)C(NC(=O)CN1CCCN(c2ccc(C#N)cc2)CC1)c1ccccc1. The minimum Gasteiger partial charge on any atom is -0.370 e. The van der Waals surface area contributed by atoms with Gasteiger partial charge in [-0.15, -0.1) is 0 Å². The van der Waals surface area contributed by atoms with Gasteiger partial charge in [0.15, 0.2) is 0 Å². The predicted octanol–water partition coefficient (Wildman–Crippen LogP) is 3.58. The average molecular weight is 391 g/mol. The molecule has 152 valence electrons. The summed E-state index contributed by atoms with van der Waals surface area (Å²) in [7, 11) is 0. The number of nitriles is 1. The Balaban J connectivity index is 1.55. The summed E-state index contributed by atoms with van der Waals surface area (Å²) in [6.07, 6.45) is 1.01. The molecule has 0 radical (unpaired) electrons. The summed E-state index contributed by atoms with van der Waals surface area (Å²) in [4.78, 5) is 17.3. The summed E-state index contributed by atoms with van der Waals surface area (Å²) in [5.41, 5.74) is 2.97. The maximum atomic E-state index is 12.7. The van der Waals surface area contributed by atoms with Crippen LogP contribution < -0.4 is 10.2 Å². The highest BCUT2D eigenvalue weighted by molar-refractivity contribution is 5.78. The average Bonchev–Trinajstić information content (AvgIpc) is 2.98. The fraction of sp³-hybridized carbons (Fsp3) is 0.417. The number of nitrogens with one attached hydrogen (secondary N) is 1. The van der Waals surface area contributed by atoms with Crippen molar-refractivity contribution < 1.29 is 4.79 Å². The lowest BCUT2D eigenvalue weighted by molar-refractivity contribution is -0.123. The molecule has 0 saturated carbocycles. The summed E-state index contributed by atoms with van der Waals surface area (Å²) in [6.45, 7) is 8.31. The lowest BCUT2D eigenvalue weighted by atomic mass is 9.96. The van der Waals surface area contributed by atoms with E-state index in [0.717, 1.165) is 43.9 Å². The van der Waals surface area contributed by atoms with E-state index in [0.29, 0.717) is 18.0 Å². The Morgan fingerprint density at radius 3 is 2.41 bits per heavy atom. The molecule has 1 aliphatic heterocycles. The molecule has 1 heterocycles. The molecule has 1 fully saturated rings. The molecule has 1 amide bonds. The Hall–Kier alpha value is -2.84. The number of carbonyl (C=O) groups excluding carboxylic acids is 1. The van der Waals surface area contributed by atoms with Crippen molar-refractivity contribution in [1.29, 1.82) is 5.26 Å². The van der Waals surface area contributed by atoms with E-state index in [1.807, 2.05) is 42.5 Å². The fourth-order valence-corrected chi connectivity index (χ4v) is 3.85. The molecular weight excluding hydrogens is 360 g/mol. The summed E-state index contributed by atoms with van der Waals surface area (Å²) in [5.74, 6) is 0.414. The third-order valence-electron chi connectivity index (χ3n) is 5.46. The van der Waals surface area contributed by atoms with Gasteiger partial charge in [-0.2, -0.15) is 5.26 Å². The van der Waals surface area contributed by atoms with Crippen LogP contribution in [0.1, 0.15) is 37.4 Å². The highest BCUT2D eigenvalue weighted by atomic mass is 16.2. The Morgan fingerprint density at radius 2 is 1.76 bits per heavy atom. The van der Waals surface area contributed by atoms with Crippen LogP contribution in [0.4, 0.5) is 5.69 Å². The third kappa shape index (κ3) is 5.82. The zero-order valence-electron chi connectivity index (χ0n) is 17.3. The second-order valence-electron chi connectivity index (χ2n) is 7.98. The number of rotatable bonds is 6. The molecular formula is C24H30N4O. The van der Waals surface area contributed by atoms with Gasteiger partial charge in [-0.05, 0) is 42.2 Å². The van der Waals surface area contributed by atoms with Crippen molar-refractivity contribution >= 4 is 11.6 Å². The van der Waals surface area contributed by atoms with Crippen molar-refractivity contribution in [2.24, 2.45) is 5.92 Å². The molecule has 2 aromatic carbocycles. The lowest BCUT2D eigenvalue weighted by Gasteiger charge is -2.26. The van der Waals surface area contributed by atoms with Crippen LogP contribution in [0.25, 0.3) is 0 Å². The van der Waals surface area contributed by atoms with Crippen LogP contribution in [-0.2, 0) is 4.79 Å². The van der Waals surface area contributed by atoms with Gasteiger partial charge in [0, 0.05) is 31.9 Å². The summed E-state index contributed by atoms with van der Waals surface area (Å²) < 4.78 is 0. The number of benzene rings is 2. The first-order valence-corrected chi connectivity index (χ1v) is 10.4. The zero-order valence-corrected chi connectivity index (χ0v) is 17.3. The van der Waals surface area contributed by atoms with E-state index in [4.69, 9.17) is 5.26 Å². The topological polar surface area (TPSA) is 59.4 Å². The smallest absolute Gasteiger partial charge is 0.234 e. The van der Waals surface area contributed by atoms with E-state index in [1.54, 1.807) is 0 Å². The maximum Gasteiger partial charge on any atom is 0.234 e. The van der Waals surface area contributed by atoms with E-state index < -0.39 is 0 Å². The van der Waals surface area contributed by atoms with Crippen LogP contribution in [0.2, 0.25) is 0 Å². The van der Waals surface area contributed by atoms with Crippen molar-refractivity contribution in [3.05, 3.63) is 65.7 Å². The second kappa shape index (κ2) is 10.1. The molecule has 1 aliphatic rings. The van der Waals surface area contributed by atoms with E-state index in [9.17, 15) is 4.79 Å². The Labute approximate surface area is 173 Å².